The molecule has 0 spiro atoms. The van der Waals surface area contributed by atoms with Crippen LogP contribution in [0.3, 0.4) is 0 Å². The van der Waals surface area contributed by atoms with Gasteiger partial charge >= 0.3 is 5.97 Å². The van der Waals surface area contributed by atoms with E-state index in [2.05, 4.69) is 10.2 Å². The number of rotatable bonds is 11. The summed E-state index contributed by atoms with van der Waals surface area (Å²) >= 11 is 19.9. The molecule has 2 aromatic carbocycles. The Bertz CT molecular complexity index is 1580. The van der Waals surface area contributed by atoms with Gasteiger partial charge in [0.1, 0.15) is 16.9 Å². The summed E-state index contributed by atoms with van der Waals surface area (Å²) in [5, 5.41) is 9.80. The number of ketones is 2. The first kappa shape index (κ1) is 29.9. The van der Waals surface area contributed by atoms with E-state index < -0.39 is 17.8 Å². The van der Waals surface area contributed by atoms with Crippen molar-refractivity contribution in [1.29, 1.82) is 0 Å². The smallest absolute Gasteiger partial charge is 0.306 e. The van der Waals surface area contributed by atoms with Crippen molar-refractivity contribution in [2.75, 3.05) is 6.61 Å². The molecule has 2 N–H and O–H groups in total. The maximum Gasteiger partial charge on any atom is 0.306 e. The second-order valence-corrected chi connectivity index (χ2v) is 11.0. The van der Waals surface area contributed by atoms with E-state index in [1.54, 1.807) is 41.8 Å². The highest BCUT2D eigenvalue weighted by molar-refractivity contribution is 7.15. The zero-order chi connectivity index (χ0) is 29.0. The average molecular weight is 620 g/mol. The molecule has 4 rings (SSSR count). The number of esters is 1. The van der Waals surface area contributed by atoms with Gasteiger partial charge in [0, 0.05) is 22.4 Å². The van der Waals surface area contributed by atoms with Gasteiger partial charge in [-0.2, -0.15) is 0 Å². The van der Waals surface area contributed by atoms with Crippen molar-refractivity contribution in [1.82, 2.24) is 14.8 Å². The van der Waals surface area contributed by atoms with Crippen LogP contribution in [0.2, 0.25) is 15.1 Å². The summed E-state index contributed by atoms with van der Waals surface area (Å²) in [4.78, 5) is 40.3. The topological polar surface area (TPSA) is 117 Å². The molecule has 0 aliphatic heterocycles. The van der Waals surface area contributed by atoms with Crippen LogP contribution in [0.15, 0.2) is 48.5 Å². The van der Waals surface area contributed by atoms with Crippen LogP contribution >= 0.6 is 46.1 Å². The predicted octanol–water partition coefficient (Wildman–Crippen LogP) is 6.46. The molecule has 0 bridgehead atoms. The number of hydrogen-bond acceptors (Lipinski definition) is 8. The molecule has 0 radical (unpaired) electrons. The highest BCUT2D eigenvalue weighted by Crippen LogP contribution is 2.34. The van der Waals surface area contributed by atoms with Gasteiger partial charge in [-0.15, -0.1) is 21.5 Å². The summed E-state index contributed by atoms with van der Waals surface area (Å²) in [5.74, 6) is -0.749. The largest absolute Gasteiger partial charge is 0.466 e. The summed E-state index contributed by atoms with van der Waals surface area (Å²) < 4.78 is 6.66. The molecule has 1 unspecified atom stereocenters. The first-order chi connectivity index (χ1) is 19.2. The van der Waals surface area contributed by atoms with E-state index in [0.29, 0.717) is 38.4 Å². The molecule has 208 valence electrons. The van der Waals surface area contributed by atoms with Crippen molar-refractivity contribution in [3.8, 4) is 5.00 Å². The molecule has 2 heterocycles. The second-order valence-electron chi connectivity index (χ2n) is 8.68. The summed E-state index contributed by atoms with van der Waals surface area (Å²) in [6.45, 7) is 3.92. The first-order valence-electron chi connectivity index (χ1n) is 12.4. The van der Waals surface area contributed by atoms with Crippen molar-refractivity contribution in [2.24, 2.45) is 5.73 Å². The molecular formula is C28H25Cl3N4O4S. The van der Waals surface area contributed by atoms with Gasteiger partial charge in [0.15, 0.2) is 17.4 Å². The van der Waals surface area contributed by atoms with Crippen molar-refractivity contribution < 1.29 is 19.1 Å². The standard InChI is InChI=1S/C28H25Cl3N4O4S/c1-3-16-14-18(26(38)17-7-5-6-8-19(17)29)28(40-16)35-22(11-12-23(36)39-4-2)33-34-27(35)24(32)25(37)15-9-10-20(30)21(31)13-15/h5-10,13-14,24H,3-4,11-12,32H2,1-2H3. The van der Waals surface area contributed by atoms with Gasteiger partial charge < -0.3 is 10.5 Å². The SMILES string of the molecule is CCOC(=O)CCc1nnc(C(N)C(=O)c2ccc(Cl)c(Cl)c2)n1-c1sc(CC)cc1C(=O)c1ccccc1Cl. The Balaban J connectivity index is 1.85. The quantitative estimate of drug-likeness (QED) is 0.151. The number of hydrogen-bond donors (Lipinski definition) is 1. The Hall–Kier alpha value is -3.08. The average Bonchev–Trinajstić information content (AvgIpc) is 3.56. The fourth-order valence-electron chi connectivity index (χ4n) is 4.03. The minimum Gasteiger partial charge on any atom is -0.466 e. The zero-order valence-electron chi connectivity index (χ0n) is 21.6. The summed E-state index contributed by atoms with van der Waals surface area (Å²) in [7, 11) is 0. The molecule has 0 fully saturated rings. The van der Waals surface area contributed by atoms with Gasteiger partial charge in [-0.25, -0.2) is 0 Å². The predicted molar refractivity (Wildman–Crippen MR) is 156 cm³/mol. The number of carbonyl (C=O) groups is 3. The molecule has 1 atom stereocenters. The number of thiophene rings is 1. The Morgan fingerprint density at radius 2 is 1.73 bits per heavy atom. The lowest BCUT2D eigenvalue weighted by atomic mass is 10.0. The van der Waals surface area contributed by atoms with Crippen molar-refractivity contribution >= 4 is 63.7 Å². The fraction of sp³-hybridized carbons (Fsp3) is 0.250. The first-order valence-corrected chi connectivity index (χ1v) is 14.4. The lowest BCUT2D eigenvalue weighted by Gasteiger charge is -2.15. The van der Waals surface area contributed by atoms with E-state index >= 15 is 0 Å². The lowest BCUT2D eigenvalue weighted by molar-refractivity contribution is -0.143. The number of benzene rings is 2. The number of nitrogens with two attached hydrogens (primary N) is 1. The van der Waals surface area contributed by atoms with Crippen molar-refractivity contribution in [2.45, 2.75) is 39.2 Å². The number of Topliss-reactive ketones (excluding diaryl/α,β-unsaturated/α-hetero) is 1. The minimum atomic E-state index is -1.27. The van der Waals surface area contributed by atoms with Crippen LogP contribution in [0.4, 0.5) is 0 Å². The van der Waals surface area contributed by atoms with E-state index in [1.165, 1.54) is 29.5 Å². The van der Waals surface area contributed by atoms with Crippen LogP contribution in [0.25, 0.3) is 5.00 Å². The van der Waals surface area contributed by atoms with Gasteiger partial charge in [0.25, 0.3) is 0 Å². The normalized spacial score (nSPS) is 11.8. The van der Waals surface area contributed by atoms with E-state index in [9.17, 15) is 14.4 Å². The molecule has 4 aromatic rings. The molecule has 40 heavy (non-hydrogen) atoms. The van der Waals surface area contributed by atoms with Crippen molar-refractivity contribution in [3.63, 3.8) is 0 Å². The third kappa shape index (κ3) is 6.29. The monoisotopic (exact) mass is 618 g/mol. The Morgan fingerprint density at radius 3 is 2.40 bits per heavy atom. The third-order valence-electron chi connectivity index (χ3n) is 6.06. The number of aromatic nitrogens is 3. The zero-order valence-corrected chi connectivity index (χ0v) is 24.7. The minimum absolute atomic E-state index is 0.0156. The summed E-state index contributed by atoms with van der Waals surface area (Å²) in [6, 6.07) is 11.7. The lowest BCUT2D eigenvalue weighted by Crippen LogP contribution is -2.26. The number of ether oxygens (including phenoxy) is 1. The van der Waals surface area contributed by atoms with E-state index in [1.807, 2.05) is 6.92 Å². The van der Waals surface area contributed by atoms with Crippen LogP contribution in [-0.2, 0) is 22.4 Å². The third-order valence-corrected chi connectivity index (χ3v) is 8.39. The highest BCUT2D eigenvalue weighted by Gasteiger charge is 2.30. The van der Waals surface area contributed by atoms with E-state index in [0.717, 1.165) is 4.88 Å². The van der Waals surface area contributed by atoms with E-state index in [-0.39, 0.29) is 41.6 Å². The highest BCUT2D eigenvalue weighted by atomic mass is 35.5. The molecule has 0 saturated heterocycles. The van der Waals surface area contributed by atoms with Crippen molar-refractivity contribution in [3.05, 3.63) is 96.8 Å². The molecule has 0 amide bonds. The number of carbonyl (C=O) groups excluding carboxylic acids is 3. The molecule has 12 heteroatoms. The maximum atomic E-state index is 13.7. The van der Waals surface area contributed by atoms with Crippen LogP contribution in [0.1, 0.15) is 69.1 Å². The van der Waals surface area contributed by atoms with Crippen LogP contribution in [0.5, 0.6) is 0 Å². The Morgan fingerprint density at radius 1 is 0.975 bits per heavy atom. The van der Waals surface area contributed by atoms with Crippen LogP contribution < -0.4 is 5.73 Å². The number of halogens is 3. The second kappa shape index (κ2) is 13.1. The molecule has 8 nitrogen and oxygen atoms in total. The van der Waals surface area contributed by atoms with E-state index in [4.69, 9.17) is 45.3 Å². The number of nitrogens with zero attached hydrogens (tertiary/aromatic N) is 3. The Labute approximate surface area is 250 Å². The summed E-state index contributed by atoms with van der Waals surface area (Å²) in [6.07, 6.45) is 0.803. The van der Waals surface area contributed by atoms with Gasteiger partial charge in [-0.05, 0) is 49.7 Å². The molecule has 0 aliphatic rings. The van der Waals surface area contributed by atoms with Crippen LogP contribution in [-0.4, -0.2) is 38.9 Å². The van der Waals surface area contributed by atoms with Gasteiger partial charge in [0.2, 0.25) is 0 Å². The van der Waals surface area contributed by atoms with Crippen LogP contribution in [0, 0.1) is 0 Å². The molecular weight excluding hydrogens is 595 g/mol. The summed E-state index contributed by atoms with van der Waals surface area (Å²) in [5.41, 5.74) is 7.38. The number of aryl methyl sites for hydroxylation is 2. The fourth-order valence-corrected chi connectivity index (χ4v) is 5.67. The Kier molecular flexibility index (Phi) is 9.76. The molecule has 0 saturated carbocycles. The van der Waals surface area contributed by atoms with Gasteiger partial charge in [0.05, 0.1) is 33.7 Å². The molecule has 2 aromatic heterocycles. The maximum absolute atomic E-state index is 13.7. The van der Waals surface area contributed by atoms with Gasteiger partial charge in [-0.1, -0.05) is 53.9 Å². The molecule has 0 aliphatic carbocycles. The van der Waals surface area contributed by atoms with Gasteiger partial charge in [-0.3, -0.25) is 19.0 Å².